The largest absolute Gasteiger partial charge is 0.393 e. The summed E-state index contributed by atoms with van der Waals surface area (Å²) in [7, 11) is -3.48. The van der Waals surface area contributed by atoms with E-state index in [1.54, 1.807) is 25.1 Å². The van der Waals surface area contributed by atoms with Crippen LogP contribution in [0.1, 0.15) is 13.3 Å². The van der Waals surface area contributed by atoms with E-state index >= 15 is 0 Å². The molecule has 114 valence electrons. The highest BCUT2D eigenvalue weighted by Gasteiger charge is 2.35. The van der Waals surface area contributed by atoms with Gasteiger partial charge in [0.1, 0.15) is 4.21 Å². The molecule has 1 saturated heterocycles. The fraction of sp³-hybridized carbons (Fsp3) is 0.429. The van der Waals surface area contributed by atoms with Crippen molar-refractivity contribution in [1.82, 2.24) is 4.31 Å². The molecular weight excluding hydrogens is 330 g/mol. The standard InChI is InChI=1S/C14H16ClNO3S2/c1-9(17)10-4-5-16(8-10)21(18,19)14-7-11-6-12(15)2-3-13(11)20-14/h2-3,6-7,9-10,17H,4-5,8H2,1H3. The molecular formula is C14H16ClNO3S2. The summed E-state index contributed by atoms with van der Waals surface area (Å²) in [4.78, 5) is 0. The highest BCUT2D eigenvalue weighted by atomic mass is 35.5. The van der Waals surface area contributed by atoms with Gasteiger partial charge in [-0.3, -0.25) is 0 Å². The first kappa shape index (κ1) is 15.2. The fourth-order valence-electron chi connectivity index (χ4n) is 2.61. The lowest BCUT2D eigenvalue weighted by atomic mass is 10.0. The number of sulfonamides is 1. The van der Waals surface area contributed by atoms with Gasteiger partial charge < -0.3 is 5.11 Å². The maximum Gasteiger partial charge on any atom is 0.252 e. The van der Waals surface area contributed by atoms with Crippen molar-refractivity contribution >= 4 is 43.0 Å². The normalized spacial score (nSPS) is 22.0. The van der Waals surface area contributed by atoms with Crippen LogP contribution in [0.3, 0.4) is 0 Å². The number of halogens is 1. The molecule has 1 N–H and O–H groups in total. The van der Waals surface area contributed by atoms with Crippen LogP contribution in [-0.4, -0.2) is 37.0 Å². The summed E-state index contributed by atoms with van der Waals surface area (Å²) >= 11 is 7.20. The number of aliphatic hydroxyl groups is 1. The van der Waals surface area contributed by atoms with Gasteiger partial charge in [0.05, 0.1) is 6.10 Å². The minimum absolute atomic E-state index is 0.0172. The lowest BCUT2D eigenvalue weighted by Gasteiger charge is -2.16. The van der Waals surface area contributed by atoms with Crippen molar-refractivity contribution in [3.63, 3.8) is 0 Å². The van der Waals surface area contributed by atoms with E-state index < -0.39 is 16.1 Å². The summed E-state index contributed by atoms with van der Waals surface area (Å²) < 4.78 is 28.1. The second kappa shape index (κ2) is 5.52. The number of benzene rings is 1. The molecule has 0 bridgehead atoms. The summed E-state index contributed by atoms with van der Waals surface area (Å²) in [6.45, 7) is 2.56. The van der Waals surface area contributed by atoms with Crippen molar-refractivity contribution in [2.75, 3.05) is 13.1 Å². The van der Waals surface area contributed by atoms with Crippen LogP contribution in [0.15, 0.2) is 28.5 Å². The van der Waals surface area contributed by atoms with Crippen LogP contribution in [0.25, 0.3) is 10.1 Å². The third kappa shape index (κ3) is 2.83. The van der Waals surface area contributed by atoms with Gasteiger partial charge in [-0.2, -0.15) is 4.31 Å². The van der Waals surface area contributed by atoms with Crippen molar-refractivity contribution in [1.29, 1.82) is 0 Å². The second-order valence-corrected chi connectivity index (χ2v) is 9.08. The summed E-state index contributed by atoms with van der Waals surface area (Å²) in [5.74, 6) is 0.0172. The number of hydrogen-bond acceptors (Lipinski definition) is 4. The quantitative estimate of drug-likeness (QED) is 0.930. The Morgan fingerprint density at radius 3 is 2.86 bits per heavy atom. The van der Waals surface area contributed by atoms with E-state index in [0.29, 0.717) is 28.7 Å². The van der Waals surface area contributed by atoms with E-state index in [9.17, 15) is 13.5 Å². The molecule has 0 spiro atoms. The highest BCUT2D eigenvalue weighted by molar-refractivity contribution is 7.91. The summed E-state index contributed by atoms with van der Waals surface area (Å²) in [5.41, 5.74) is 0. The van der Waals surface area contributed by atoms with Gasteiger partial charge in [-0.15, -0.1) is 11.3 Å². The molecule has 21 heavy (non-hydrogen) atoms. The predicted molar refractivity (Wildman–Crippen MR) is 85.4 cm³/mol. The molecule has 0 amide bonds. The minimum atomic E-state index is -3.48. The van der Waals surface area contributed by atoms with E-state index in [1.807, 2.05) is 6.07 Å². The third-order valence-corrected chi connectivity index (χ3v) is 7.59. The number of aliphatic hydroxyl groups excluding tert-OH is 1. The van der Waals surface area contributed by atoms with Gasteiger partial charge in [0.2, 0.25) is 0 Å². The third-order valence-electron chi connectivity index (χ3n) is 3.92. The SMILES string of the molecule is CC(O)C1CCN(S(=O)(=O)c2cc3cc(Cl)ccc3s2)C1. The van der Waals surface area contributed by atoms with E-state index in [-0.39, 0.29) is 5.92 Å². The van der Waals surface area contributed by atoms with Crippen LogP contribution in [0.4, 0.5) is 0 Å². The van der Waals surface area contributed by atoms with Crippen LogP contribution < -0.4 is 0 Å². The molecule has 1 aromatic heterocycles. The average molecular weight is 346 g/mol. The molecule has 1 aliphatic heterocycles. The molecule has 0 aliphatic carbocycles. The number of hydrogen-bond donors (Lipinski definition) is 1. The Hall–Kier alpha value is -0.660. The number of nitrogens with zero attached hydrogens (tertiary/aromatic N) is 1. The summed E-state index contributed by atoms with van der Waals surface area (Å²) in [6.07, 6.45) is 0.222. The molecule has 3 rings (SSSR count). The molecule has 0 saturated carbocycles. The molecule has 4 nitrogen and oxygen atoms in total. The zero-order valence-electron chi connectivity index (χ0n) is 11.5. The molecule has 2 atom stereocenters. The molecule has 2 heterocycles. The molecule has 2 aromatic rings. The maximum atomic E-state index is 12.7. The van der Waals surface area contributed by atoms with Gasteiger partial charge >= 0.3 is 0 Å². The van der Waals surface area contributed by atoms with Crippen LogP contribution >= 0.6 is 22.9 Å². The Morgan fingerprint density at radius 1 is 1.43 bits per heavy atom. The molecule has 1 aromatic carbocycles. The van der Waals surface area contributed by atoms with Crippen molar-refractivity contribution in [3.8, 4) is 0 Å². The first-order valence-electron chi connectivity index (χ1n) is 6.75. The Labute approximate surface area is 133 Å². The molecule has 2 unspecified atom stereocenters. The van der Waals surface area contributed by atoms with Crippen LogP contribution in [0.2, 0.25) is 5.02 Å². The van der Waals surface area contributed by atoms with E-state index in [0.717, 1.165) is 10.1 Å². The number of rotatable bonds is 3. The zero-order chi connectivity index (χ0) is 15.2. The van der Waals surface area contributed by atoms with Crippen molar-refractivity contribution in [3.05, 3.63) is 29.3 Å². The van der Waals surface area contributed by atoms with E-state index in [4.69, 9.17) is 11.6 Å². The van der Waals surface area contributed by atoms with Gasteiger partial charge in [-0.1, -0.05) is 11.6 Å². The van der Waals surface area contributed by atoms with Crippen LogP contribution in [-0.2, 0) is 10.0 Å². The van der Waals surface area contributed by atoms with Crippen LogP contribution in [0.5, 0.6) is 0 Å². The van der Waals surface area contributed by atoms with Gasteiger partial charge in [0.15, 0.2) is 0 Å². The second-order valence-electron chi connectivity index (χ2n) is 5.40. The Balaban J connectivity index is 1.93. The number of fused-ring (bicyclic) bond motifs is 1. The van der Waals surface area contributed by atoms with Gasteiger partial charge in [0, 0.05) is 22.8 Å². The zero-order valence-corrected chi connectivity index (χ0v) is 13.9. The minimum Gasteiger partial charge on any atom is -0.393 e. The van der Waals surface area contributed by atoms with Crippen molar-refractivity contribution in [2.45, 2.75) is 23.7 Å². The van der Waals surface area contributed by atoms with Crippen LogP contribution in [0, 0.1) is 5.92 Å². The van der Waals surface area contributed by atoms with Crippen molar-refractivity contribution in [2.24, 2.45) is 5.92 Å². The fourth-order valence-corrected chi connectivity index (χ4v) is 5.84. The van der Waals surface area contributed by atoms with Gasteiger partial charge in [-0.25, -0.2) is 8.42 Å². The maximum absolute atomic E-state index is 12.7. The Kier molecular flexibility index (Phi) is 4.00. The lowest BCUT2D eigenvalue weighted by molar-refractivity contribution is 0.133. The van der Waals surface area contributed by atoms with Gasteiger partial charge in [-0.05, 0) is 48.9 Å². The van der Waals surface area contributed by atoms with Crippen molar-refractivity contribution < 1.29 is 13.5 Å². The topological polar surface area (TPSA) is 57.6 Å². The number of thiophene rings is 1. The van der Waals surface area contributed by atoms with Gasteiger partial charge in [0.25, 0.3) is 10.0 Å². The molecule has 1 fully saturated rings. The molecule has 0 radical (unpaired) electrons. The smallest absolute Gasteiger partial charge is 0.252 e. The first-order valence-corrected chi connectivity index (χ1v) is 9.39. The molecule has 1 aliphatic rings. The summed E-state index contributed by atoms with van der Waals surface area (Å²) in [6, 6.07) is 7.05. The highest BCUT2D eigenvalue weighted by Crippen LogP contribution is 2.34. The predicted octanol–water partition coefficient (Wildman–Crippen LogP) is 2.95. The first-order chi connectivity index (χ1) is 9.88. The van der Waals surface area contributed by atoms with E-state index in [1.165, 1.54) is 15.6 Å². The Morgan fingerprint density at radius 2 is 2.19 bits per heavy atom. The average Bonchev–Trinajstić information content (AvgIpc) is 3.05. The lowest BCUT2D eigenvalue weighted by Crippen LogP contribution is -2.30. The Bertz CT molecular complexity index is 770. The van der Waals surface area contributed by atoms with E-state index in [2.05, 4.69) is 0 Å². The molecule has 7 heteroatoms. The monoisotopic (exact) mass is 345 g/mol. The summed E-state index contributed by atoms with van der Waals surface area (Å²) in [5, 5.41) is 11.1.